The zero-order valence-corrected chi connectivity index (χ0v) is 20.0. The van der Waals surface area contributed by atoms with E-state index in [-0.39, 0.29) is 17.6 Å². The Labute approximate surface area is 202 Å². The highest BCUT2D eigenvalue weighted by atomic mass is 32.2. The van der Waals surface area contributed by atoms with Gasteiger partial charge in [-0.25, -0.2) is 9.07 Å². The summed E-state index contributed by atoms with van der Waals surface area (Å²) in [5, 5.41) is 9.07. The summed E-state index contributed by atoms with van der Waals surface area (Å²) < 4.78 is 26.4. The van der Waals surface area contributed by atoms with Crippen molar-refractivity contribution >= 4 is 17.5 Å². The van der Waals surface area contributed by atoms with Gasteiger partial charge in [-0.15, -0.1) is 10.2 Å². The smallest absolute Gasteiger partial charge is 0.210 e. The SMILES string of the molecule is COc1ccc([C@@H]2Nn3c(nnc3C3CCCCC3)S[C@H]2C(=O)c2ccc(F)cc2)cc1OC. The fourth-order valence-corrected chi connectivity index (χ4v) is 5.94. The summed E-state index contributed by atoms with van der Waals surface area (Å²) in [7, 11) is 3.18. The normalized spacial score (nSPS) is 20.3. The molecule has 1 N–H and O–H groups in total. The Kier molecular flexibility index (Phi) is 6.45. The summed E-state index contributed by atoms with van der Waals surface area (Å²) in [5.74, 6) is 1.98. The number of nitrogens with one attached hydrogen (secondary N) is 1. The molecule has 0 saturated heterocycles. The number of fused-ring (bicyclic) bond motifs is 1. The van der Waals surface area contributed by atoms with Crippen molar-refractivity contribution in [3.63, 3.8) is 0 Å². The van der Waals surface area contributed by atoms with Crippen LogP contribution in [-0.2, 0) is 0 Å². The molecule has 2 aromatic carbocycles. The lowest BCUT2D eigenvalue weighted by molar-refractivity contribution is 0.0980. The van der Waals surface area contributed by atoms with Crippen LogP contribution in [0.2, 0.25) is 0 Å². The second-order valence-electron chi connectivity index (χ2n) is 8.64. The number of nitrogens with zero attached hydrogens (tertiary/aromatic N) is 3. The maximum Gasteiger partial charge on any atom is 0.210 e. The van der Waals surface area contributed by atoms with E-state index in [9.17, 15) is 9.18 Å². The van der Waals surface area contributed by atoms with E-state index in [0.717, 1.165) is 24.2 Å². The van der Waals surface area contributed by atoms with Crippen LogP contribution in [0.5, 0.6) is 11.5 Å². The first-order chi connectivity index (χ1) is 16.6. The number of hydrogen-bond acceptors (Lipinski definition) is 7. The summed E-state index contributed by atoms with van der Waals surface area (Å²) >= 11 is 1.39. The summed E-state index contributed by atoms with van der Waals surface area (Å²) in [4.78, 5) is 13.6. The number of thioether (sulfide) groups is 1. The van der Waals surface area contributed by atoms with Gasteiger partial charge >= 0.3 is 0 Å². The van der Waals surface area contributed by atoms with E-state index >= 15 is 0 Å². The first kappa shape index (κ1) is 22.7. The van der Waals surface area contributed by atoms with Gasteiger partial charge < -0.3 is 14.9 Å². The number of aromatic nitrogens is 3. The van der Waals surface area contributed by atoms with Gasteiger partial charge in [-0.2, -0.15) is 0 Å². The topological polar surface area (TPSA) is 78.3 Å². The van der Waals surface area contributed by atoms with Gasteiger partial charge in [-0.1, -0.05) is 37.1 Å². The Balaban J connectivity index is 1.55. The molecule has 178 valence electrons. The fourth-order valence-electron chi connectivity index (χ4n) is 4.77. The second kappa shape index (κ2) is 9.66. The molecule has 0 bridgehead atoms. The van der Waals surface area contributed by atoms with Crippen molar-refractivity contribution in [2.24, 2.45) is 0 Å². The molecule has 2 heterocycles. The number of benzene rings is 2. The molecule has 1 aliphatic carbocycles. The average molecular weight is 483 g/mol. The van der Waals surface area contributed by atoms with Crippen LogP contribution >= 0.6 is 11.8 Å². The largest absolute Gasteiger partial charge is 0.493 e. The van der Waals surface area contributed by atoms with Crippen molar-refractivity contribution in [1.29, 1.82) is 0 Å². The minimum Gasteiger partial charge on any atom is -0.493 e. The molecule has 0 radical (unpaired) electrons. The molecule has 1 aliphatic heterocycles. The molecule has 7 nitrogen and oxygen atoms in total. The second-order valence-corrected chi connectivity index (χ2v) is 9.75. The number of rotatable bonds is 6. The molecular weight excluding hydrogens is 455 g/mol. The molecule has 3 aromatic rings. The maximum absolute atomic E-state index is 13.6. The van der Waals surface area contributed by atoms with Gasteiger partial charge in [0, 0.05) is 11.5 Å². The van der Waals surface area contributed by atoms with Crippen LogP contribution in [0, 0.1) is 5.82 Å². The van der Waals surface area contributed by atoms with E-state index in [2.05, 4.69) is 15.6 Å². The summed E-state index contributed by atoms with van der Waals surface area (Å²) in [6, 6.07) is 10.9. The molecule has 2 atom stereocenters. The zero-order valence-electron chi connectivity index (χ0n) is 19.2. The third-order valence-electron chi connectivity index (χ3n) is 6.59. The van der Waals surface area contributed by atoms with Crippen molar-refractivity contribution in [2.45, 2.75) is 54.5 Å². The van der Waals surface area contributed by atoms with Crippen molar-refractivity contribution in [3.8, 4) is 11.5 Å². The number of Topliss-reactive ketones (excluding diaryl/α,β-unsaturated/α-hetero) is 1. The summed E-state index contributed by atoms with van der Waals surface area (Å²) in [6.45, 7) is 0. The van der Waals surface area contributed by atoms with Gasteiger partial charge in [0.2, 0.25) is 5.16 Å². The lowest BCUT2D eigenvalue weighted by Gasteiger charge is -2.34. The quantitative estimate of drug-likeness (QED) is 0.488. The number of carbonyl (C=O) groups is 1. The zero-order chi connectivity index (χ0) is 23.7. The van der Waals surface area contributed by atoms with Crippen LogP contribution < -0.4 is 14.9 Å². The molecule has 0 unspecified atom stereocenters. The van der Waals surface area contributed by atoms with E-state index in [1.807, 2.05) is 22.9 Å². The molecule has 2 aliphatic rings. The van der Waals surface area contributed by atoms with E-state index in [0.29, 0.717) is 28.1 Å². The minimum atomic E-state index is -0.528. The van der Waals surface area contributed by atoms with Crippen molar-refractivity contribution in [1.82, 2.24) is 14.9 Å². The molecule has 1 fully saturated rings. The van der Waals surface area contributed by atoms with E-state index < -0.39 is 5.25 Å². The van der Waals surface area contributed by atoms with Crippen LogP contribution in [0.1, 0.15) is 65.8 Å². The van der Waals surface area contributed by atoms with Gasteiger partial charge in [-0.05, 0) is 54.8 Å². The number of methoxy groups -OCH3 is 2. The van der Waals surface area contributed by atoms with Crippen LogP contribution in [0.25, 0.3) is 0 Å². The Morgan fingerprint density at radius 3 is 2.47 bits per heavy atom. The monoisotopic (exact) mass is 482 g/mol. The van der Waals surface area contributed by atoms with Gasteiger partial charge in [0.05, 0.1) is 20.3 Å². The summed E-state index contributed by atoms with van der Waals surface area (Å²) in [6.07, 6.45) is 5.80. The van der Waals surface area contributed by atoms with Crippen LogP contribution in [0.3, 0.4) is 0 Å². The van der Waals surface area contributed by atoms with Crippen LogP contribution in [0.15, 0.2) is 47.6 Å². The van der Waals surface area contributed by atoms with Gasteiger partial charge in [0.25, 0.3) is 0 Å². The molecule has 0 amide bonds. The lowest BCUT2D eigenvalue weighted by atomic mass is 9.89. The molecule has 1 saturated carbocycles. The number of halogens is 1. The number of carbonyl (C=O) groups excluding carboxylic acids is 1. The highest BCUT2D eigenvalue weighted by Gasteiger charge is 2.39. The number of ketones is 1. The summed E-state index contributed by atoms with van der Waals surface area (Å²) in [5.41, 5.74) is 4.86. The standard InChI is InChI=1S/C25H27FN4O3S/c1-32-19-13-10-17(14-20(19)33-2)21-23(22(31)15-8-11-18(26)12-9-15)34-25-28-27-24(30(25)29-21)16-6-4-3-5-7-16/h8-14,16,21,23,29H,3-7H2,1-2H3/t21-,23+/m0/s1. The third-order valence-corrected chi connectivity index (χ3v) is 7.80. The number of hydrogen-bond donors (Lipinski definition) is 1. The van der Waals surface area contributed by atoms with E-state index in [4.69, 9.17) is 9.47 Å². The maximum atomic E-state index is 13.6. The highest BCUT2D eigenvalue weighted by molar-refractivity contribution is 8.00. The van der Waals surface area contributed by atoms with Crippen molar-refractivity contribution < 1.29 is 18.7 Å². The van der Waals surface area contributed by atoms with Crippen LogP contribution in [0.4, 0.5) is 4.39 Å². The molecular formula is C25H27FN4O3S. The predicted octanol–water partition coefficient (Wildman–Crippen LogP) is 5.12. The minimum absolute atomic E-state index is 0.106. The molecule has 1 aromatic heterocycles. The lowest BCUT2D eigenvalue weighted by Crippen LogP contribution is -2.39. The first-order valence-electron chi connectivity index (χ1n) is 11.5. The molecule has 0 spiro atoms. The van der Waals surface area contributed by atoms with Crippen molar-refractivity contribution in [3.05, 3.63) is 65.2 Å². The molecule has 5 rings (SSSR count). The Hall–Kier alpha value is -3.07. The van der Waals surface area contributed by atoms with Gasteiger partial charge in [0.1, 0.15) is 11.1 Å². The molecule has 34 heavy (non-hydrogen) atoms. The number of ether oxygens (including phenoxy) is 2. The van der Waals surface area contributed by atoms with E-state index in [1.54, 1.807) is 14.2 Å². The van der Waals surface area contributed by atoms with E-state index in [1.165, 1.54) is 55.3 Å². The average Bonchev–Trinajstić information content (AvgIpc) is 3.31. The fraction of sp³-hybridized carbons (Fsp3) is 0.400. The Bertz CT molecular complexity index is 1180. The van der Waals surface area contributed by atoms with Gasteiger partial charge in [0.15, 0.2) is 23.1 Å². The van der Waals surface area contributed by atoms with Crippen molar-refractivity contribution in [2.75, 3.05) is 19.6 Å². The Morgan fingerprint density at radius 1 is 1.03 bits per heavy atom. The highest BCUT2D eigenvalue weighted by Crippen LogP contribution is 2.42. The Morgan fingerprint density at radius 2 is 1.76 bits per heavy atom. The van der Waals surface area contributed by atoms with Crippen LogP contribution in [-0.4, -0.2) is 40.1 Å². The third kappa shape index (κ3) is 4.24. The molecule has 9 heteroatoms. The van der Waals surface area contributed by atoms with Gasteiger partial charge in [-0.3, -0.25) is 4.79 Å². The predicted molar refractivity (Wildman–Crippen MR) is 128 cm³/mol. The first-order valence-corrected chi connectivity index (χ1v) is 12.4.